The SMILES string of the molecule is COC(=O)C(C)(C)[C@H](O)CCOCc1ccccc1. The molecule has 1 aromatic rings. The minimum atomic E-state index is -0.912. The van der Waals surface area contributed by atoms with Crippen molar-refractivity contribution >= 4 is 5.97 Å². The molecule has 0 bridgehead atoms. The molecule has 0 heterocycles. The number of hydrogen-bond acceptors (Lipinski definition) is 4. The van der Waals surface area contributed by atoms with Gasteiger partial charge in [0.05, 0.1) is 25.2 Å². The van der Waals surface area contributed by atoms with Gasteiger partial charge in [0.25, 0.3) is 0 Å². The Morgan fingerprint density at radius 1 is 1.32 bits per heavy atom. The average Bonchev–Trinajstić information content (AvgIpc) is 2.43. The molecule has 1 aromatic carbocycles. The number of methoxy groups -OCH3 is 1. The molecule has 1 N–H and O–H groups in total. The topological polar surface area (TPSA) is 55.8 Å². The summed E-state index contributed by atoms with van der Waals surface area (Å²) in [6.07, 6.45) is -0.384. The van der Waals surface area contributed by atoms with E-state index in [2.05, 4.69) is 4.74 Å². The summed E-state index contributed by atoms with van der Waals surface area (Å²) in [5.41, 5.74) is 0.175. The van der Waals surface area contributed by atoms with E-state index < -0.39 is 17.5 Å². The van der Waals surface area contributed by atoms with Crippen molar-refractivity contribution in [3.8, 4) is 0 Å². The monoisotopic (exact) mass is 266 g/mol. The normalized spacial score (nSPS) is 13.1. The maximum Gasteiger partial charge on any atom is 0.313 e. The number of carbonyl (C=O) groups is 1. The highest BCUT2D eigenvalue weighted by molar-refractivity contribution is 5.76. The lowest BCUT2D eigenvalue weighted by molar-refractivity contribution is -0.158. The molecule has 0 aliphatic carbocycles. The number of hydrogen-bond donors (Lipinski definition) is 1. The van der Waals surface area contributed by atoms with Gasteiger partial charge in [-0.05, 0) is 25.8 Å². The van der Waals surface area contributed by atoms with Crippen molar-refractivity contribution in [1.82, 2.24) is 0 Å². The highest BCUT2D eigenvalue weighted by Crippen LogP contribution is 2.24. The standard InChI is InChI=1S/C15H22O4/c1-15(2,14(17)18-3)13(16)9-10-19-11-12-7-5-4-6-8-12/h4-8,13,16H,9-11H2,1-3H3/t13-/m1/s1. The van der Waals surface area contributed by atoms with E-state index in [0.29, 0.717) is 19.6 Å². The second-order valence-electron chi connectivity index (χ2n) is 5.06. The summed E-state index contributed by atoms with van der Waals surface area (Å²) in [5.74, 6) is -0.414. The van der Waals surface area contributed by atoms with Crippen LogP contribution in [0.5, 0.6) is 0 Å². The zero-order chi connectivity index (χ0) is 14.3. The van der Waals surface area contributed by atoms with Gasteiger partial charge in [0.2, 0.25) is 0 Å². The highest BCUT2D eigenvalue weighted by Gasteiger charge is 2.36. The first-order chi connectivity index (χ1) is 8.98. The van der Waals surface area contributed by atoms with E-state index in [1.807, 2.05) is 30.3 Å². The van der Waals surface area contributed by atoms with Gasteiger partial charge in [0.1, 0.15) is 0 Å². The van der Waals surface area contributed by atoms with Crippen LogP contribution in [0.25, 0.3) is 0 Å². The van der Waals surface area contributed by atoms with Crippen LogP contribution in [0.1, 0.15) is 25.8 Å². The van der Waals surface area contributed by atoms with Crippen molar-refractivity contribution in [2.45, 2.75) is 33.0 Å². The molecule has 0 radical (unpaired) electrons. The van der Waals surface area contributed by atoms with E-state index in [9.17, 15) is 9.90 Å². The van der Waals surface area contributed by atoms with Gasteiger partial charge < -0.3 is 14.6 Å². The third-order valence-corrected chi connectivity index (χ3v) is 3.19. The van der Waals surface area contributed by atoms with Gasteiger partial charge in [-0.3, -0.25) is 4.79 Å². The molecule has 0 aliphatic heterocycles. The van der Waals surface area contributed by atoms with Crippen molar-refractivity contribution in [3.63, 3.8) is 0 Å². The van der Waals surface area contributed by atoms with Crippen LogP contribution >= 0.6 is 0 Å². The Morgan fingerprint density at radius 2 is 1.95 bits per heavy atom. The van der Waals surface area contributed by atoms with E-state index in [-0.39, 0.29) is 0 Å². The van der Waals surface area contributed by atoms with Crippen molar-refractivity contribution in [2.24, 2.45) is 5.41 Å². The van der Waals surface area contributed by atoms with Gasteiger partial charge in [-0.25, -0.2) is 0 Å². The Hall–Kier alpha value is -1.39. The zero-order valence-corrected chi connectivity index (χ0v) is 11.8. The number of benzene rings is 1. The van der Waals surface area contributed by atoms with Crippen LogP contribution in [-0.4, -0.2) is 30.9 Å². The van der Waals surface area contributed by atoms with Crippen molar-refractivity contribution in [2.75, 3.05) is 13.7 Å². The Morgan fingerprint density at radius 3 is 2.53 bits per heavy atom. The summed E-state index contributed by atoms with van der Waals surface area (Å²) >= 11 is 0. The lowest BCUT2D eigenvalue weighted by Crippen LogP contribution is -2.38. The van der Waals surface area contributed by atoms with Gasteiger partial charge in [0.15, 0.2) is 0 Å². The summed E-state index contributed by atoms with van der Waals surface area (Å²) in [6, 6.07) is 9.82. The molecule has 1 rings (SSSR count). The molecule has 4 nitrogen and oxygen atoms in total. The molecule has 1 atom stereocenters. The largest absolute Gasteiger partial charge is 0.469 e. The van der Waals surface area contributed by atoms with E-state index in [1.165, 1.54) is 7.11 Å². The second-order valence-corrected chi connectivity index (χ2v) is 5.06. The predicted octanol–water partition coefficient (Wildman–Crippen LogP) is 2.15. The van der Waals surface area contributed by atoms with Crippen LogP contribution in [0, 0.1) is 5.41 Å². The molecule has 0 saturated heterocycles. The molecule has 0 aromatic heterocycles. The van der Waals surface area contributed by atoms with E-state index in [1.54, 1.807) is 13.8 Å². The van der Waals surface area contributed by atoms with Crippen LogP contribution in [-0.2, 0) is 20.9 Å². The summed E-state index contributed by atoms with van der Waals surface area (Å²) in [6.45, 7) is 4.24. The fourth-order valence-corrected chi connectivity index (χ4v) is 1.72. The fourth-order valence-electron chi connectivity index (χ4n) is 1.72. The molecular weight excluding hydrogens is 244 g/mol. The summed E-state index contributed by atoms with van der Waals surface area (Å²) < 4.78 is 10.2. The van der Waals surface area contributed by atoms with Crippen LogP contribution < -0.4 is 0 Å². The van der Waals surface area contributed by atoms with Crippen molar-refractivity contribution in [1.29, 1.82) is 0 Å². The molecular formula is C15H22O4. The number of ether oxygens (including phenoxy) is 2. The Balaban J connectivity index is 2.31. The predicted molar refractivity (Wildman–Crippen MR) is 72.5 cm³/mol. The van der Waals surface area contributed by atoms with E-state index >= 15 is 0 Å². The Labute approximate surface area is 114 Å². The van der Waals surface area contributed by atoms with Crippen molar-refractivity contribution in [3.05, 3.63) is 35.9 Å². The van der Waals surface area contributed by atoms with E-state index in [4.69, 9.17) is 4.74 Å². The first kappa shape index (κ1) is 15.7. The van der Waals surface area contributed by atoms with Crippen LogP contribution in [0.15, 0.2) is 30.3 Å². The summed E-state index contributed by atoms with van der Waals surface area (Å²) in [4.78, 5) is 11.5. The fraction of sp³-hybridized carbons (Fsp3) is 0.533. The molecule has 106 valence electrons. The summed E-state index contributed by atoms with van der Waals surface area (Å²) in [7, 11) is 1.32. The van der Waals surface area contributed by atoms with Gasteiger partial charge in [0, 0.05) is 6.61 Å². The van der Waals surface area contributed by atoms with Gasteiger partial charge in [-0.15, -0.1) is 0 Å². The lowest BCUT2D eigenvalue weighted by Gasteiger charge is -2.27. The molecule has 19 heavy (non-hydrogen) atoms. The quantitative estimate of drug-likeness (QED) is 0.607. The Kier molecular flexibility index (Phi) is 5.99. The molecule has 0 unspecified atom stereocenters. The molecule has 0 amide bonds. The van der Waals surface area contributed by atoms with Crippen LogP contribution in [0.3, 0.4) is 0 Å². The maximum atomic E-state index is 11.5. The minimum Gasteiger partial charge on any atom is -0.469 e. The first-order valence-corrected chi connectivity index (χ1v) is 6.36. The van der Waals surface area contributed by atoms with Gasteiger partial charge in [-0.2, -0.15) is 0 Å². The van der Waals surface area contributed by atoms with E-state index in [0.717, 1.165) is 5.56 Å². The molecule has 4 heteroatoms. The lowest BCUT2D eigenvalue weighted by atomic mass is 9.85. The second kappa shape index (κ2) is 7.26. The van der Waals surface area contributed by atoms with Crippen molar-refractivity contribution < 1.29 is 19.4 Å². The molecule has 0 spiro atoms. The molecule has 0 fully saturated rings. The van der Waals surface area contributed by atoms with Gasteiger partial charge in [-0.1, -0.05) is 30.3 Å². The number of rotatable bonds is 7. The van der Waals surface area contributed by atoms with Crippen LogP contribution in [0.4, 0.5) is 0 Å². The Bertz CT molecular complexity index is 386. The third kappa shape index (κ3) is 4.65. The number of esters is 1. The number of aliphatic hydroxyl groups excluding tert-OH is 1. The number of carbonyl (C=O) groups excluding carboxylic acids is 1. The average molecular weight is 266 g/mol. The number of aliphatic hydroxyl groups is 1. The minimum absolute atomic E-state index is 0.398. The smallest absolute Gasteiger partial charge is 0.313 e. The first-order valence-electron chi connectivity index (χ1n) is 6.36. The summed E-state index contributed by atoms with van der Waals surface area (Å²) in [5, 5.41) is 9.99. The highest BCUT2D eigenvalue weighted by atomic mass is 16.5. The third-order valence-electron chi connectivity index (χ3n) is 3.19. The van der Waals surface area contributed by atoms with Gasteiger partial charge >= 0.3 is 5.97 Å². The maximum absolute atomic E-state index is 11.5. The van der Waals surface area contributed by atoms with Crippen LogP contribution in [0.2, 0.25) is 0 Å². The molecule has 0 saturated carbocycles. The molecule has 0 aliphatic rings. The zero-order valence-electron chi connectivity index (χ0n) is 11.8.